The molecule has 10 heteroatoms. The molecule has 4 amide bonds. The first kappa shape index (κ1) is 24.6. The number of carbonyl (C=O) groups is 3. The Kier molecular flexibility index (Phi) is 9.32. The second kappa shape index (κ2) is 11.0. The van der Waals surface area contributed by atoms with Crippen LogP contribution in [0.4, 0.5) is 10.6 Å². The zero-order chi connectivity index (χ0) is 20.8. The topological polar surface area (TPSA) is 115 Å². The number of pyridine rings is 1. The Morgan fingerprint density at radius 1 is 1.24 bits per heavy atom. The lowest BCUT2D eigenvalue weighted by Crippen LogP contribution is -2.57. The van der Waals surface area contributed by atoms with E-state index in [2.05, 4.69) is 26.3 Å². The van der Waals surface area contributed by atoms with Gasteiger partial charge in [-0.25, -0.2) is 9.78 Å². The van der Waals surface area contributed by atoms with Crippen molar-refractivity contribution in [3.05, 3.63) is 23.9 Å². The molecule has 0 saturated carbocycles. The van der Waals surface area contributed by atoms with Crippen LogP contribution in [0.15, 0.2) is 18.3 Å². The quantitative estimate of drug-likeness (QED) is 0.505. The van der Waals surface area contributed by atoms with Crippen molar-refractivity contribution in [1.29, 1.82) is 0 Å². The minimum absolute atomic E-state index is 0. The lowest BCUT2D eigenvalue weighted by molar-refractivity contribution is -0.129. The highest BCUT2D eigenvalue weighted by atomic mass is 35.5. The van der Waals surface area contributed by atoms with Gasteiger partial charge in [-0.3, -0.25) is 14.5 Å². The van der Waals surface area contributed by atoms with Crippen LogP contribution in [0.2, 0.25) is 0 Å². The summed E-state index contributed by atoms with van der Waals surface area (Å²) in [5.41, 5.74) is 0.942. The molecule has 1 aromatic heterocycles. The molecular formula is C19H31ClN6O3. The fraction of sp³-hybridized carbons (Fsp3) is 0.579. The minimum Gasteiger partial charge on any atom is -0.343 e. The normalized spacial score (nSPS) is 17.0. The van der Waals surface area contributed by atoms with Crippen molar-refractivity contribution in [1.82, 2.24) is 26.3 Å². The largest absolute Gasteiger partial charge is 0.343 e. The number of likely N-dealkylation sites (N-methyl/N-ethyl adjacent to an activating group) is 1. The SMILES string of the molecule is CNC(=O)NCC1Cc2cccnc2N1C(=O)[C@@H](NC(=O)[C@H](C)NC)C(C)C.Cl. The summed E-state index contributed by atoms with van der Waals surface area (Å²) in [7, 11) is 3.23. The molecule has 9 nitrogen and oxygen atoms in total. The summed E-state index contributed by atoms with van der Waals surface area (Å²) in [5, 5.41) is 11.0. The van der Waals surface area contributed by atoms with E-state index in [1.165, 1.54) is 7.05 Å². The maximum atomic E-state index is 13.4. The predicted molar refractivity (Wildman–Crippen MR) is 114 cm³/mol. The molecule has 3 atom stereocenters. The average Bonchev–Trinajstić information content (AvgIpc) is 3.06. The summed E-state index contributed by atoms with van der Waals surface area (Å²) < 4.78 is 0. The smallest absolute Gasteiger partial charge is 0.314 e. The van der Waals surface area contributed by atoms with Crippen molar-refractivity contribution in [2.75, 3.05) is 25.5 Å². The standard InChI is InChI=1S/C19H30N6O3.ClH/c1-11(2)15(24-17(26)12(3)20-4)18(27)25-14(10-23-19(28)21-5)9-13-7-6-8-22-16(13)25;/h6-8,11-12,14-15,20H,9-10H2,1-5H3,(H,24,26)(H2,21,23,28);1H/t12-,14?,15-;/m0./s1. The first-order chi connectivity index (χ1) is 13.3. The zero-order valence-corrected chi connectivity index (χ0v) is 18.3. The van der Waals surface area contributed by atoms with E-state index in [0.29, 0.717) is 12.2 Å². The number of aromatic nitrogens is 1. The molecule has 29 heavy (non-hydrogen) atoms. The van der Waals surface area contributed by atoms with Gasteiger partial charge in [0.1, 0.15) is 11.9 Å². The highest BCUT2D eigenvalue weighted by Gasteiger charge is 2.39. The van der Waals surface area contributed by atoms with Crippen LogP contribution in [0.25, 0.3) is 0 Å². The van der Waals surface area contributed by atoms with Gasteiger partial charge in [-0.1, -0.05) is 19.9 Å². The van der Waals surface area contributed by atoms with Crippen molar-refractivity contribution in [3.8, 4) is 0 Å². The van der Waals surface area contributed by atoms with Crippen LogP contribution >= 0.6 is 12.4 Å². The van der Waals surface area contributed by atoms with Crippen molar-refractivity contribution in [3.63, 3.8) is 0 Å². The van der Waals surface area contributed by atoms with Gasteiger partial charge in [0.2, 0.25) is 5.91 Å². The Bertz CT molecular complexity index is 730. The van der Waals surface area contributed by atoms with E-state index in [9.17, 15) is 14.4 Å². The van der Waals surface area contributed by atoms with Gasteiger partial charge < -0.3 is 21.3 Å². The number of halogens is 1. The Morgan fingerprint density at radius 2 is 1.93 bits per heavy atom. The average molecular weight is 427 g/mol. The van der Waals surface area contributed by atoms with Crippen LogP contribution in [-0.4, -0.2) is 61.6 Å². The Labute approximate surface area is 177 Å². The summed E-state index contributed by atoms with van der Waals surface area (Å²) in [6.45, 7) is 5.80. The van der Waals surface area contributed by atoms with Crippen molar-refractivity contribution in [2.45, 2.75) is 45.3 Å². The van der Waals surface area contributed by atoms with E-state index in [4.69, 9.17) is 0 Å². The number of nitrogens with one attached hydrogen (secondary N) is 4. The molecule has 0 aromatic carbocycles. The number of rotatable bonds is 7. The molecule has 0 bridgehead atoms. The molecule has 1 unspecified atom stereocenters. The van der Waals surface area contributed by atoms with Crippen molar-refractivity contribution in [2.24, 2.45) is 5.92 Å². The van der Waals surface area contributed by atoms with Gasteiger partial charge in [-0.05, 0) is 37.9 Å². The highest BCUT2D eigenvalue weighted by Crippen LogP contribution is 2.31. The molecule has 0 aliphatic carbocycles. The monoisotopic (exact) mass is 426 g/mol. The van der Waals surface area contributed by atoms with Crippen LogP contribution in [0.5, 0.6) is 0 Å². The summed E-state index contributed by atoms with van der Waals surface area (Å²) in [6.07, 6.45) is 2.23. The number of nitrogens with zero attached hydrogens (tertiary/aromatic N) is 2. The second-order valence-corrected chi connectivity index (χ2v) is 7.25. The number of hydrogen-bond acceptors (Lipinski definition) is 5. The molecule has 0 spiro atoms. The highest BCUT2D eigenvalue weighted by molar-refractivity contribution is 6.01. The fourth-order valence-electron chi connectivity index (χ4n) is 3.14. The van der Waals surface area contributed by atoms with Crippen molar-refractivity contribution < 1.29 is 14.4 Å². The third-order valence-corrected chi connectivity index (χ3v) is 4.94. The van der Waals surface area contributed by atoms with Gasteiger partial charge in [0.15, 0.2) is 0 Å². The van der Waals surface area contributed by atoms with Gasteiger partial charge in [0, 0.05) is 19.8 Å². The summed E-state index contributed by atoms with van der Waals surface area (Å²) >= 11 is 0. The van der Waals surface area contributed by atoms with E-state index in [0.717, 1.165) is 5.56 Å². The first-order valence-corrected chi connectivity index (χ1v) is 9.50. The number of anilines is 1. The van der Waals surface area contributed by atoms with Gasteiger partial charge in [-0.2, -0.15) is 0 Å². The molecule has 0 radical (unpaired) electrons. The molecule has 4 N–H and O–H groups in total. The fourth-order valence-corrected chi connectivity index (χ4v) is 3.14. The molecule has 1 aromatic rings. The van der Waals surface area contributed by atoms with Crippen LogP contribution in [-0.2, 0) is 16.0 Å². The van der Waals surface area contributed by atoms with Crippen LogP contribution in [0, 0.1) is 5.92 Å². The predicted octanol–water partition coefficient (Wildman–Crippen LogP) is 0.439. The van der Waals surface area contributed by atoms with E-state index < -0.39 is 12.1 Å². The minimum atomic E-state index is -0.696. The Hall–Kier alpha value is -2.39. The van der Waals surface area contributed by atoms with E-state index in [1.807, 2.05) is 26.0 Å². The van der Waals surface area contributed by atoms with Gasteiger partial charge >= 0.3 is 6.03 Å². The molecule has 0 fully saturated rings. The number of hydrogen-bond donors (Lipinski definition) is 4. The third kappa shape index (κ3) is 5.80. The lowest BCUT2D eigenvalue weighted by atomic mass is 10.0. The zero-order valence-electron chi connectivity index (χ0n) is 17.5. The third-order valence-electron chi connectivity index (χ3n) is 4.94. The first-order valence-electron chi connectivity index (χ1n) is 9.50. The van der Waals surface area contributed by atoms with Gasteiger partial charge in [0.25, 0.3) is 5.91 Å². The van der Waals surface area contributed by atoms with E-state index in [-0.39, 0.29) is 48.8 Å². The molecular weight excluding hydrogens is 396 g/mol. The van der Waals surface area contributed by atoms with E-state index in [1.54, 1.807) is 25.1 Å². The maximum absolute atomic E-state index is 13.4. The molecule has 0 saturated heterocycles. The Balaban J connectivity index is 0.00000420. The summed E-state index contributed by atoms with van der Waals surface area (Å²) in [6, 6.07) is 2.06. The molecule has 1 aliphatic heterocycles. The maximum Gasteiger partial charge on any atom is 0.314 e. The van der Waals surface area contributed by atoms with Crippen molar-refractivity contribution >= 4 is 36.1 Å². The Morgan fingerprint density at radius 3 is 2.52 bits per heavy atom. The van der Waals surface area contributed by atoms with Crippen LogP contribution < -0.4 is 26.2 Å². The summed E-state index contributed by atoms with van der Waals surface area (Å²) in [4.78, 5) is 43.4. The number of carbonyl (C=O) groups excluding carboxylic acids is 3. The number of fused-ring (bicyclic) bond motifs is 1. The molecule has 2 rings (SSSR count). The summed E-state index contributed by atoms with van der Waals surface area (Å²) in [5.74, 6) is 0.00132. The molecule has 1 aliphatic rings. The molecule has 162 valence electrons. The lowest BCUT2D eigenvalue weighted by Gasteiger charge is -2.31. The van der Waals surface area contributed by atoms with Crippen LogP contribution in [0.1, 0.15) is 26.3 Å². The second-order valence-electron chi connectivity index (χ2n) is 7.25. The molecule has 2 heterocycles. The van der Waals surface area contributed by atoms with Gasteiger partial charge in [-0.15, -0.1) is 12.4 Å². The number of urea groups is 1. The van der Waals surface area contributed by atoms with Gasteiger partial charge in [0.05, 0.1) is 12.1 Å². The number of amides is 4. The van der Waals surface area contributed by atoms with E-state index >= 15 is 0 Å². The van der Waals surface area contributed by atoms with Crippen LogP contribution in [0.3, 0.4) is 0 Å².